The van der Waals surface area contributed by atoms with E-state index in [-0.39, 0.29) is 17.3 Å². The lowest BCUT2D eigenvalue weighted by atomic mass is 10.2. The predicted octanol–water partition coefficient (Wildman–Crippen LogP) is 3.48. The number of aromatic nitrogens is 2. The number of hydrogen-bond acceptors (Lipinski definition) is 6. The Morgan fingerprint density at radius 3 is 2.33 bits per heavy atom. The molecular formula is C19H15N3O4S. The zero-order valence-electron chi connectivity index (χ0n) is 14.1. The van der Waals surface area contributed by atoms with Crippen molar-refractivity contribution in [2.45, 2.75) is 11.4 Å². The van der Waals surface area contributed by atoms with E-state index in [9.17, 15) is 8.42 Å². The number of furan rings is 1. The van der Waals surface area contributed by atoms with E-state index in [0.29, 0.717) is 17.2 Å². The van der Waals surface area contributed by atoms with Gasteiger partial charge in [-0.1, -0.05) is 24.3 Å². The molecule has 4 rings (SSSR count). The number of benzene rings is 2. The van der Waals surface area contributed by atoms with Crippen LogP contribution in [-0.2, 0) is 16.6 Å². The lowest BCUT2D eigenvalue weighted by Gasteiger charge is -2.06. The molecule has 1 N–H and O–H groups in total. The molecule has 0 saturated heterocycles. The number of sulfonamides is 1. The number of hydrogen-bond donors (Lipinski definition) is 1. The van der Waals surface area contributed by atoms with Gasteiger partial charge in [0.05, 0.1) is 17.7 Å². The molecule has 27 heavy (non-hydrogen) atoms. The number of nitrogens with one attached hydrogen (secondary N) is 1. The molecule has 0 saturated carbocycles. The summed E-state index contributed by atoms with van der Waals surface area (Å²) >= 11 is 0. The molecule has 0 spiro atoms. The van der Waals surface area contributed by atoms with Gasteiger partial charge < -0.3 is 8.83 Å². The monoisotopic (exact) mass is 381 g/mol. The molecule has 0 bridgehead atoms. The van der Waals surface area contributed by atoms with Crippen LogP contribution in [0.1, 0.15) is 5.76 Å². The van der Waals surface area contributed by atoms with Crippen molar-refractivity contribution < 1.29 is 17.3 Å². The Labute approximate surface area is 155 Å². The van der Waals surface area contributed by atoms with Crippen molar-refractivity contribution in [1.82, 2.24) is 14.9 Å². The van der Waals surface area contributed by atoms with Crippen LogP contribution < -0.4 is 4.72 Å². The normalized spacial score (nSPS) is 11.6. The maximum Gasteiger partial charge on any atom is 0.248 e. The Balaban J connectivity index is 1.58. The van der Waals surface area contributed by atoms with Crippen LogP contribution in [0.3, 0.4) is 0 Å². The highest BCUT2D eigenvalue weighted by molar-refractivity contribution is 7.89. The summed E-state index contributed by atoms with van der Waals surface area (Å²) in [7, 11) is -3.71. The summed E-state index contributed by atoms with van der Waals surface area (Å²) in [6.45, 7) is 0.0677. The molecule has 7 nitrogen and oxygen atoms in total. The van der Waals surface area contributed by atoms with Crippen LogP contribution in [0.2, 0.25) is 0 Å². The van der Waals surface area contributed by atoms with E-state index < -0.39 is 10.0 Å². The van der Waals surface area contributed by atoms with Crippen LogP contribution >= 0.6 is 0 Å². The Morgan fingerprint density at radius 1 is 0.852 bits per heavy atom. The third-order valence-corrected chi connectivity index (χ3v) is 5.25. The van der Waals surface area contributed by atoms with E-state index in [2.05, 4.69) is 14.9 Å². The molecule has 4 aromatic rings. The standard InChI is InChI=1S/C19H15N3O4S/c23-27(24,20-13-16-9-5-11-25-16)17-10-4-8-15(12-17)19-22-21-18(26-19)14-6-2-1-3-7-14/h1-12,20H,13H2. The van der Waals surface area contributed by atoms with Crippen molar-refractivity contribution >= 4 is 10.0 Å². The zero-order valence-corrected chi connectivity index (χ0v) is 14.9. The molecule has 2 heterocycles. The van der Waals surface area contributed by atoms with E-state index in [1.54, 1.807) is 24.3 Å². The lowest BCUT2D eigenvalue weighted by molar-refractivity contribution is 0.498. The van der Waals surface area contributed by atoms with Crippen LogP contribution in [0.15, 0.2) is 86.7 Å². The van der Waals surface area contributed by atoms with Crippen molar-refractivity contribution in [3.8, 4) is 22.9 Å². The molecule has 2 aromatic heterocycles. The quantitative estimate of drug-likeness (QED) is 0.549. The smallest absolute Gasteiger partial charge is 0.248 e. The fourth-order valence-electron chi connectivity index (χ4n) is 2.50. The first-order chi connectivity index (χ1) is 13.1. The highest BCUT2D eigenvalue weighted by Gasteiger charge is 2.17. The summed E-state index contributed by atoms with van der Waals surface area (Å²) in [5.74, 6) is 1.14. The Kier molecular flexibility index (Phi) is 4.57. The fraction of sp³-hybridized carbons (Fsp3) is 0.0526. The summed E-state index contributed by atoms with van der Waals surface area (Å²) in [6.07, 6.45) is 1.49. The van der Waals surface area contributed by atoms with E-state index in [1.165, 1.54) is 18.4 Å². The molecule has 8 heteroatoms. The molecule has 0 aliphatic heterocycles. The van der Waals surface area contributed by atoms with Crippen LogP contribution in [0.25, 0.3) is 22.9 Å². The molecule has 0 aliphatic rings. The topological polar surface area (TPSA) is 98.2 Å². The highest BCUT2D eigenvalue weighted by atomic mass is 32.2. The molecule has 0 radical (unpaired) electrons. The second kappa shape index (κ2) is 7.18. The van der Waals surface area contributed by atoms with Gasteiger partial charge in [0.2, 0.25) is 21.8 Å². The minimum atomic E-state index is -3.71. The van der Waals surface area contributed by atoms with Crippen LogP contribution in [0, 0.1) is 0 Å². The molecule has 0 aliphatic carbocycles. The average molecular weight is 381 g/mol. The lowest BCUT2D eigenvalue weighted by Crippen LogP contribution is -2.23. The Hall–Kier alpha value is -3.23. The van der Waals surface area contributed by atoms with Crippen molar-refractivity contribution in [3.05, 3.63) is 78.8 Å². The molecule has 0 atom stereocenters. The minimum absolute atomic E-state index is 0.0677. The van der Waals surface area contributed by atoms with Crippen molar-refractivity contribution in [3.63, 3.8) is 0 Å². The molecule has 0 amide bonds. The first kappa shape index (κ1) is 17.2. The van der Waals surface area contributed by atoms with Crippen molar-refractivity contribution in [1.29, 1.82) is 0 Å². The van der Waals surface area contributed by atoms with Gasteiger partial charge in [0, 0.05) is 11.1 Å². The van der Waals surface area contributed by atoms with Gasteiger partial charge in [-0.3, -0.25) is 0 Å². The first-order valence-electron chi connectivity index (χ1n) is 8.13. The van der Waals surface area contributed by atoms with Crippen LogP contribution in [0.4, 0.5) is 0 Å². The van der Waals surface area contributed by atoms with Gasteiger partial charge in [-0.2, -0.15) is 0 Å². The largest absolute Gasteiger partial charge is 0.468 e. The van der Waals surface area contributed by atoms with E-state index in [0.717, 1.165) is 5.56 Å². The second-order valence-electron chi connectivity index (χ2n) is 5.71. The van der Waals surface area contributed by atoms with E-state index >= 15 is 0 Å². The van der Waals surface area contributed by atoms with Crippen molar-refractivity contribution in [2.75, 3.05) is 0 Å². The van der Waals surface area contributed by atoms with Gasteiger partial charge in [0.25, 0.3) is 0 Å². The third-order valence-electron chi connectivity index (χ3n) is 3.85. The van der Waals surface area contributed by atoms with Crippen molar-refractivity contribution in [2.24, 2.45) is 0 Å². The fourth-order valence-corrected chi connectivity index (χ4v) is 3.53. The highest BCUT2D eigenvalue weighted by Crippen LogP contribution is 2.25. The maximum atomic E-state index is 12.5. The van der Waals surface area contributed by atoms with E-state index in [4.69, 9.17) is 8.83 Å². The predicted molar refractivity (Wildman–Crippen MR) is 97.9 cm³/mol. The molecule has 0 fully saturated rings. The van der Waals surface area contributed by atoms with Gasteiger partial charge in [-0.25, -0.2) is 13.1 Å². The summed E-state index contributed by atoms with van der Waals surface area (Å²) in [5, 5.41) is 8.06. The number of rotatable bonds is 6. The Bertz CT molecular complexity index is 1140. The van der Waals surface area contributed by atoms with Gasteiger partial charge in [-0.05, 0) is 42.5 Å². The van der Waals surface area contributed by atoms with Gasteiger partial charge in [-0.15, -0.1) is 10.2 Å². The van der Waals surface area contributed by atoms with Gasteiger partial charge in [0.15, 0.2) is 0 Å². The van der Waals surface area contributed by atoms with E-state index in [1.807, 2.05) is 30.3 Å². The van der Waals surface area contributed by atoms with Gasteiger partial charge >= 0.3 is 0 Å². The molecule has 2 aromatic carbocycles. The SMILES string of the molecule is O=S(=O)(NCc1ccco1)c1cccc(-c2nnc(-c3ccccc3)o2)c1. The summed E-state index contributed by atoms with van der Waals surface area (Å²) < 4.78 is 38.4. The number of nitrogens with zero attached hydrogens (tertiary/aromatic N) is 2. The summed E-state index contributed by atoms with van der Waals surface area (Å²) in [4.78, 5) is 0.103. The maximum absolute atomic E-state index is 12.5. The van der Waals surface area contributed by atoms with Crippen LogP contribution in [-0.4, -0.2) is 18.6 Å². The molecule has 136 valence electrons. The second-order valence-corrected chi connectivity index (χ2v) is 7.48. The zero-order chi connectivity index (χ0) is 18.7. The third kappa shape index (κ3) is 3.81. The Morgan fingerprint density at radius 2 is 1.59 bits per heavy atom. The van der Waals surface area contributed by atoms with Crippen LogP contribution in [0.5, 0.6) is 0 Å². The minimum Gasteiger partial charge on any atom is -0.468 e. The molecule has 0 unspecified atom stereocenters. The summed E-state index contributed by atoms with van der Waals surface area (Å²) in [6, 6.07) is 19.1. The van der Waals surface area contributed by atoms with Gasteiger partial charge in [0.1, 0.15) is 5.76 Å². The molecular weight excluding hydrogens is 366 g/mol. The first-order valence-corrected chi connectivity index (χ1v) is 9.61. The summed E-state index contributed by atoms with van der Waals surface area (Å²) in [5.41, 5.74) is 1.31. The average Bonchev–Trinajstić information content (AvgIpc) is 3.39.